The zero-order valence-corrected chi connectivity index (χ0v) is 12.6. The van der Waals surface area contributed by atoms with Crippen molar-refractivity contribution in [3.63, 3.8) is 0 Å². The minimum absolute atomic E-state index is 0.404. The van der Waals surface area contributed by atoms with Gasteiger partial charge in [0, 0.05) is 18.6 Å². The summed E-state index contributed by atoms with van der Waals surface area (Å²) in [4.78, 5) is 0. The predicted molar refractivity (Wildman–Crippen MR) is 80.0 cm³/mol. The van der Waals surface area contributed by atoms with Crippen LogP contribution >= 0.6 is 0 Å². The first-order valence-corrected chi connectivity index (χ1v) is 7.49. The third-order valence-corrected chi connectivity index (χ3v) is 5.74. The summed E-state index contributed by atoms with van der Waals surface area (Å²) in [6, 6.07) is 9.98. The highest BCUT2D eigenvalue weighted by Crippen LogP contribution is 2.63. The Morgan fingerprint density at radius 1 is 1.11 bits per heavy atom. The molecule has 0 radical (unpaired) electrons. The molecule has 3 rings (SSSR count). The number of fused-ring (bicyclic) bond motifs is 1. The topological polar surface area (TPSA) is 24.1 Å². The Hall–Kier alpha value is -0.860. The first-order chi connectivity index (χ1) is 8.94. The van der Waals surface area contributed by atoms with Gasteiger partial charge in [-0.2, -0.15) is 0 Å². The molecule has 2 heteroatoms. The van der Waals surface area contributed by atoms with E-state index in [-0.39, 0.29) is 0 Å². The molecule has 1 heterocycles. The van der Waals surface area contributed by atoms with E-state index in [2.05, 4.69) is 62.6 Å². The highest BCUT2D eigenvalue weighted by Gasteiger charge is 2.64. The summed E-state index contributed by atoms with van der Waals surface area (Å²) in [6.45, 7) is 11.6. The zero-order valence-electron chi connectivity index (χ0n) is 12.6. The van der Waals surface area contributed by atoms with E-state index in [9.17, 15) is 0 Å². The van der Waals surface area contributed by atoms with Gasteiger partial charge >= 0.3 is 0 Å². The third kappa shape index (κ3) is 2.02. The van der Waals surface area contributed by atoms with Crippen LogP contribution in [0.1, 0.15) is 51.3 Å². The van der Waals surface area contributed by atoms with Gasteiger partial charge in [0.15, 0.2) is 0 Å². The number of nitrogens with one attached hydrogen (secondary N) is 2. The molecule has 0 saturated heterocycles. The highest BCUT2D eigenvalue weighted by molar-refractivity contribution is 5.32. The Balaban J connectivity index is 1.83. The second-order valence-corrected chi connectivity index (χ2v) is 7.26. The Morgan fingerprint density at radius 2 is 1.79 bits per heavy atom. The van der Waals surface area contributed by atoms with E-state index in [0.29, 0.717) is 22.9 Å². The zero-order chi connectivity index (χ0) is 13.7. The molecule has 19 heavy (non-hydrogen) atoms. The van der Waals surface area contributed by atoms with E-state index < -0.39 is 0 Å². The van der Waals surface area contributed by atoms with Gasteiger partial charge in [-0.1, -0.05) is 52.0 Å². The van der Waals surface area contributed by atoms with E-state index in [0.717, 1.165) is 13.1 Å². The van der Waals surface area contributed by atoms with Crippen molar-refractivity contribution in [2.45, 2.75) is 52.7 Å². The SMILES string of the molecule is CC1(C)C(NC2CCNCc3ccccc32)C1(C)C. The fourth-order valence-corrected chi connectivity index (χ4v) is 3.65. The van der Waals surface area contributed by atoms with Gasteiger partial charge in [0.2, 0.25) is 0 Å². The lowest BCUT2D eigenvalue weighted by atomic mass is 9.99. The molecule has 1 atom stereocenters. The quantitative estimate of drug-likeness (QED) is 0.851. The van der Waals surface area contributed by atoms with Crippen molar-refractivity contribution in [2.24, 2.45) is 10.8 Å². The van der Waals surface area contributed by atoms with Crippen molar-refractivity contribution < 1.29 is 0 Å². The average molecular weight is 258 g/mol. The van der Waals surface area contributed by atoms with E-state index in [1.165, 1.54) is 17.5 Å². The van der Waals surface area contributed by atoms with Crippen molar-refractivity contribution in [3.05, 3.63) is 35.4 Å². The van der Waals surface area contributed by atoms with Gasteiger partial charge in [-0.25, -0.2) is 0 Å². The summed E-state index contributed by atoms with van der Waals surface area (Å²) in [5, 5.41) is 7.46. The van der Waals surface area contributed by atoms with Crippen LogP contribution in [0.15, 0.2) is 24.3 Å². The lowest BCUT2D eigenvalue weighted by Crippen LogP contribution is -2.29. The number of hydrogen-bond donors (Lipinski definition) is 2. The molecule has 2 nitrogen and oxygen atoms in total. The third-order valence-electron chi connectivity index (χ3n) is 5.74. The maximum atomic E-state index is 3.93. The Kier molecular flexibility index (Phi) is 2.99. The number of benzene rings is 1. The molecule has 1 saturated carbocycles. The maximum Gasteiger partial charge on any atom is 0.0338 e. The second-order valence-electron chi connectivity index (χ2n) is 7.26. The van der Waals surface area contributed by atoms with Crippen LogP contribution in [0.3, 0.4) is 0 Å². The molecule has 2 N–H and O–H groups in total. The molecule has 0 aromatic heterocycles. The molecule has 1 aromatic carbocycles. The minimum atomic E-state index is 0.404. The molecule has 1 fully saturated rings. The first kappa shape index (κ1) is 13.1. The molecule has 1 aliphatic carbocycles. The van der Waals surface area contributed by atoms with Crippen LogP contribution < -0.4 is 10.6 Å². The smallest absolute Gasteiger partial charge is 0.0338 e. The van der Waals surface area contributed by atoms with Crippen molar-refractivity contribution in [1.82, 2.24) is 10.6 Å². The molecule has 1 aromatic rings. The molecule has 0 amide bonds. The summed E-state index contributed by atoms with van der Waals surface area (Å²) in [7, 11) is 0. The lowest BCUT2D eigenvalue weighted by molar-refractivity contribution is 0.448. The van der Waals surface area contributed by atoms with Gasteiger partial charge in [-0.3, -0.25) is 0 Å². The average Bonchev–Trinajstić information content (AvgIpc) is 2.86. The van der Waals surface area contributed by atoms with Crippen LogP contribution in [0.5, 0.6) is 0 Å². The van der Waals surface area contributed by atoms with Crippen LogP contribution in [-0.2, 0) is 6.54 Å². The Morgan fingerprint density at radius 3 is 2.47 bits per heavy atom. The van der Waals surface area contributed by atoms with Crippen LogP contribution in [-0.4, -0.2) is 12.6 Å². The molecular weight excluding hydrogens is 232 g/mol. The van der Waals surface area contributed by atoms with Gasteiger partial charge < -0.3 is 10.6 Å². The molecule has 2 aliphatic rings. The van der Waals surface area contributed by atoms with Crippen molar-refractivity contribution in [2.75, 3.05) is 6.54 Å². The largest absolute Gasteiger partial charge is 0.313 e. The second kappa shape index (κ2) is 4.32. The van der Waals surface area contributed by atoms with Crippen molar-refractivity contribution >= 4 is 0 Å². The Bertz CT molecular complexity index is 462. The van der Waals surface area contributed by atoms with E-state index in [4.69, 9.17) is 0 Å². The van der Waals surface area contributed by atoms with Gasteiger partial charge in [0.25, 0.3) is 0 Å². The highest BCUT2D eigenvalue weighted by atomic mass is 15.1. The number of rotatable bonds is 2. The standard InChI is InChI=1S/C17H26N2/c1-16(2)15(17(16,3)4)19-14-9-10-18-11-12-7-5-6-8-13(12)14/h5-8,14-15,18-19H,9-11H2,1-4H3. The summed E-state index contributed by atoms with van der Waals surface area (Å²) >= 11 is 0. The van der Waals surface area contributed by atoms with Crippen molar-refractivity contribution in [3.8, 4) is 0 Å². The summed E-state index contributed by atoms with van der Waals surface area (Å²) in [5.74, 6) is 0. The van der Waals surface area contributed by atoms with Gasteiger partial charge in [0.05, 0.1) is 0 Å². The summed E-state index contributed by atoms with van der Waals surface area (Å²) < 4.78 is 0. The van der Waals surface area contributed by atoms with E-state index in [1.54, 1.807) is 0 Å². The van der Waals surface area contributed by atoms with Gasteiger partial charge in [-0.15, -0.1) is 0 Å². The normalized spacial score (nSPS) is 28.5. The summed E-state index contributed by atoms with van der Waals surface area (Å²) in [5.41, 5.74) is 3.75. The van der Waals surface area contributed by atoms with Crippen LogP contribution in [0, 0.1) is 10.8 Å². The van der Waals surface area contributed by atoms with Crippen molar-refractivity contribution in [1.29, 1.82) is 0 Å². The van der Waals surface area contributed by atoms with Crippen LogP contribution in [0.2, 0.25) is 0 Å². The first-order valence-electron chi connectivity index (χ1n) is 7.49. The van der Waals surface area contributed by atoms with E-state index in [1.807, 2.05) is 0 Å². The molecule has 1 unspecified atom stereocenters. The molecular formula is C17H26N2. The fourth-order valence-electron chi connectivity index (χ4n) is 3.65. The fraction of sp³-hybridized carbons (Fsp3) is 0.647. The Labute approximate surface area is 117 Å². The predicted octanol–water partition coefficient (Wildman–Crippen LogP) is 3.25. The molecule has 1 aliphatic heterocycles. The monoisotopic (exact) mass is 258 g/mol. The summed E-state index contributed by atoms with van der Waals surface area (Å²) in [6.07, 6.45) is 1.18. The van der Waals surface area contributed by atoms with Crippen LogP contribution in [0.25, 0.3) is 0 Å². The molecule has 0 spiro atoms. The van der Waals surface area contributed by atoms with Gasteiger partial charge in [-0.05, 0) is 34.9 Å². The minimum Gasteiger partial charge on any atom is -0.313 e. The number of hydrogen-bond acceptors (Lipinski definition) is 2. The van der Waals surface area contributed by atoms with Crippen LogP contribution in [0.4, 0.5) is 0 Å². The molecule has 0 bridgehead atoms. The maximum absolute atomic E-state index is 3.93. The molecule has 104 valence electrons. The van der Waals surface area contributed by atoms with E-state index >= 15 is 0 Å². The lowest BCUT2D eigenvalue weighted by Gasteiger charge is -2.20. The van der Waals surface area contributed by atoms with Gasteiger partial charge in [0.1, 0.15) is 0 Å².